The Hall–Kier alpha value is -2.60. The summed E-state index contributed by atoms with van der Waals surface area (Å²) in [7, 11) is 0. The van der Waals surface area contributed by atoms with E-state index in [0.29, 0.717) is 12.1 Å². The number of imidazole rings is 1. The van der Waals surface area contributed by atoms with Gasteiger partial charge in [0.2, 0.25) is 17.7 Å². The molecule has 12 heteroatoms. The third kappa shape index (κ3) is 8.96. The van der Waals surface area contributed by atoms with Crippen LogP contribution in [0.3, 0.4) is 0 Å². The molecule has 0 saturated carbocycles. The Morgan fingerprint density at radius 1 is 1.21 bits per heavy atom. The number of carboxylic acid groups (broad SMARTS) is 1. The number of hydrogen-bond donors (Lipinski definition) is 7. The van der Waals surface area contributed by atoms with Crippen LogP contribution >= 0.6 is 12.6 Å². The summed E-state index contributed by atoms with van der Waals surface area (Å²) in [6, 6.07) is -3.02. The monoisotopic (exact) mass is 428 g/mol. The third-order valence-corrected chi connectivity index (χ3v) is 4.28. The zero-order valence-corrected chi connectivity index (χ0v) is 17.2. The lowest BCUT2D eigenvalue weighted by atomic mass is 10.0. The Morgan fingerprint density at radius 3 is 2.41 bits per heavy atom. The van der Waals surface area contributed by atoms with Crippen LogP contribution in [0.4, 0.5) is 0 Å². The van der Waals surface area contributed by atoms with E-state index < -0.39 is 41.8 Å². The van der Waals surface area contributed by atoms with Gasteiger partial charge in [0.25, 0.3) is 0 Å². The summed E-state index contributed by atoms with van der Waals surface area (Å²) in [6.45, 7) is 3.48. The van der Waals surface area contributed by atoms with Crippen LogP contribution in [0.2, 0.25) is 0 Å². The summed E-state index contributed by atoms with van der Waals surface area (Å²) in [5, 5.41) is 16.3. The van der Waals surface area contributed by atoms with Crippen LogP contribution in [0.5, 0.6) is 0 Å². The predicted octanol–water partition coefficient (Wildman–Crippen LogP) is -1.57. The number of nitrogens with one attached hydrogen (secondary N) is 4. The highest BCUT2D eigenvalue weighted by Crippen LogP contribution is 2.03. The number of rotatable bonds is 12. The van der Waals surface area contributed by atoms with Crippen molar-refractivity contribution < 1.29 is 24.3 Å². The van der Waals surface area contributed by atoms with Gasteiger partial charge >= 0.3 is 5.97 Å². The summed E-state index contributed by atoms with van der Waals surface area (Å²) >= 11 is 3.90. The number of hydrogen-bond acceptors (Lipinski definition) is 7. The zero-order valence-electron chi connectivity index (χ0n) is 16.3. The van der Waals surface area contributed by atoms with Crippen LogP contribution in [0.15, 0.2) is 12.5 Å². The SMILES string of the molecule is CC(C)CC(N)C(=O)NCC(=O)NC(Cc1cnc[nH]1)C(=O)NC(CS)C(=O)O. The van der Waals surface area contributed by atoms with Gasteiger partial charge in [-0.25, -0.2) is 9.78 Å². The smallest absolute Gasteiger partial charge is 0.327 e. The molecule has 7 N–H and O–H groups in total. The molecule has 0 aliphatic carbocycles. The number of carboxylic acids is 1. The molecular formula is C17H28N6O5S. The van der Waals surface area contributed by atoms with E-state index in [9.17, 15) is 19.2 Å². The zero-order chi connectivity index (χ0) is 22.0. The Morgan fingerprint density at radius 2 is 1.90 bits per heavy atom. The van der Waals surface area contributed by atoms with Crippen LogP contribution in [-0.2, 0) is 25.6 Å². The van der Waals surface area contributed by atoms with Crippen molar-refractivity contribution in [1.82, 2.24) is 25.9 Å². The van der Waals surface area contributed by atoms with E-state index in [-0.39, 0.29) is 24.6 Å². The van der Waals surface area contributed by atoms with Crippen molar-refractivity contribution in [2.24, 2.45) is 11.7 Å². The van der Waals surface area contributed by atoms with Gasteiger partial charge in [-0.2, -0.15) is 12.6 Å². The summed E-state index contributed by atoms with van der Waals surface area (Å²) in [6.07, 6.45) is 3.42. The molecule has 0 radical (unpaired) electrons. The Balaban J connectivity index is 2.70. The second kappa shape index (κ2) is 12.1. The summed E-state index contributed by atoms with van der Waals surface area (Å²) in [5.74, 6) is -2.92. The number of H-pyrrole nitrogens is 1. The lowest BCUT2D eigenvalue weighted by Crippen LogP contribution is -2.55. The summed E-state index contributed by atoms with van der Waals surface area (Å²) in [4.78, 5) is 54.4. The Kier molecular flexibility index (Phi) is 10.2. The average Bonchev–Trinajstić information content (AvgIpc) is 3.15. The quantitative estimate of drug-likeness (QED) is 0.196. The minimum Gasteiger partial charge on any atom is -0.480 e. The molecule has 1 rings (SSSR count). The van der Waals surface area contributed by atoms with Gasteiger partial charge in [0, 0.05) is 24.1 Å². The van der Waals surface area contributed by atoms with Crippen LogP contribution in [0, 0.1) is 5.92 Å². The fourth-order valence-corrected chi connectivity index (χ4v) is 2.69. The molecule has 29 heavy (non-hydrogen) atoms. The van der Waals surface area contributed by atoms with Gasteiger partial charge in [-0.1, -0.05) is 13.8 Å². The number of amides is 3. The molecule has 0 aromatic carbocycles. The maximum absolute atomic E-state index is 12.5. The Labute approximate surface area is 174 Å². The molecule has 0 fully saturated rings. The van der Waals surface area contributed by atoms with E-state index in [2.05, 4.69) is 38.5 Å². The molecule has 162 valence electrons. The molecule has 0 spiro atoms. The molecule has 0 aliphatic heterocycles. The molecule has 1 aromatic rings. The number of nitrogens with two attached hydrogens (primary N) is 1. The average molecular weight is 429 g/mol. The van der Waals surface area contributed by atoms with E-state index in [0.717, 1.165) is 0 Å². The fourth-order valence-electron chi connectivity index (χ4n) is 2.44. The molecule has 0 bridgehead atoms. The van der Waals surface area contributed by atoms with Crippen LogP contribution in [-0.4, -0.2) is 69.2 Å². The lowest BCUT2D eigenvalue weighted by molar-refractivity contribution is -0.141. The van der Waals surface area contributed by atoms with Crippen molar-refractivity contribution in [3.05, 3.63) is 18.2 Å². The molecule has 1 aromatic heterocycles. The van der Waals surface area contributed by atoms with Gasteiger partial charge in [-0.05, 0) is 12.3 Å². The van der Waals surface area contributed by atoms with E-state index in [1.807, 2.05) is 13.8 Å². The van der Waals surface area contributed by atoms with Crippen molar-refractivity contribution >= 4 is 36.3 Å². The molecule has 3 atom stereocenters. The first-order valence-corrected chi connectivity index (χ1v) is 9.71. The maximum Gasteiger partial charge on any atom is 0.327 e. The first-order valence-electron chi connectivity index (χ1n) is 9.08. The van der Waals surface area contributed by atoms with Crippen molar-refractivity contribution in [3.8, 4) is 0 Å². The van der Waals surface area contributed by atoms with E-state index in [4.69, 9.17) is 10.8 Å². The first kappa shape index (κ1) is 24.4. The van der Waals surface area contributed by atoms with Crippen molar-refractivity contribution in [2.75, 3.05) is 12.3 Å². The minimum absolute atomic E-state index is 0.0529. The standard InChI is InChI=1S/C17H28N6O5S/c1-9(2)3-11(18)15(25)20-6-14(24)22-12(4-10-5-19-8-21-10)16(26)23-13(7-29)17(27)28/h5,8-9,11-13,29H,3-4,6-7,18H2,1-2H3,(H,19,21)(H,20,25)(H,22,24)(H,23,26)(H,27,28). The largest absolute Gasteiger partial charge is 0.480 e. The third-order valence-electron chi connectivity index (χ3n) is 3.91. The van der Waals surface area contributed by atoms with E-state index in [1.54, 1.807) is 0 Å². The Bertz CT molecular complexity index is 696. The van der Waals surface area contributed by atoms with Crippen molar-refractivity contribution in [1.29, 1.82) is 0 Å². The van der Waals surface area contributed by atoms with Gasteiger partial charge in [0.05, 0.1) is 18.9 Å². The van der Waals surface area contributed by atoms with Gasteiger partial charge < -0.3 is 31.8 Å². The number of aromatic nitrogens is 2. The van der Waals surface area contributed by atoms with Crippen LogP contribution in [0.25, 0.3) is 0 Å². The van der Waals surface area contributed by atoms with Crippen molar-refractivity contribution in [3.63, 3.8) is 0 Å². The van der Waals surface area contributed by atoms with Crippen LogP contribution in [0.1, 0.15) is 26.0 Å². The number of nitrogens with zero attached hydrogens (tertiary/aromatic N) is 1. The number of aromatic amines is 1. The molecule has 3 amide bonds. The molecule has 1 heterocycles. The number of aliphatic carboxylic acids is 1. The minimum atomic E-state index is -1.24. The lowest BCUT2D eigenvalue weighted by Gasteiger charge is -2.21. The van der Waals surface area contributed by atoms with Gasteiger partial charge in [0.15, 0.2) is 0 Å². The molecular weight excluding hydrogens is 400 g/mol. The second-order valence-electron chi connectivity index (χ2n) is 6.94. The molecule has 11 nitrogen and oxygen atoms in total. The second-order valence-corrected chi connectivity index (χ2v) is 7.30. The van der Waals surface area contributed by atoms with E-state index in [1.165, 1.54) is 12.5 Å². The highest BCUT2D eigenvalue weighted by atomic mass is 32.1. The topological polar surface area (TPSA) is 179 Å². The molecule has 3 unspecified atom stereocenters. The molecule has 0 aliphatic rings. The summed E-state index contributed by atoms with van der Waals surface area (Å²) < 4.78 is 0. The van der Waals surface area contributed by atoms with E-state index >= 15 is 0 Å². The number of carbonyl (C=O) groups excluding carboxylic acids is 3. The highest BCUT2D eigenvalue weighted by molar-refractivity contribution is 7.80. The van der Waals surface area contributed by atoms with Crippen LogP contribution < -0.4 is 21.7 Å². The predicted molar refractivity (Wildman–Crippen MR) is 108 cm³/mol. The highest BCUT2D eigenvalue weighted by Gasteiger charge is 2.26. The maximum atomic E-state index is 12.5. The van der Waals surface area contributed by atoms with Gasteiger partial charge in [-0.15, -0.1) is 0 Å². The van der Waals surface area contributed by atoms with Gasteiger partial charge in [-0.3, -0.25) is 14.4 Å². The first-order chi connectivity index (χ1) is 13.6. The summed E-state index contributed by atoms with van der Waals surface area (Å²) in [5.41, 5.74) is 6.32. The van der Waals surface area contributed by atoms with Gasteiger partial charge in [0.1, 0.15) is 12.1 Å². The number of thiol groups is 1. The fraction of sp³-hybridized carbons (Fsp3) is 0.588. The normalized spacial score (nSPS) is 14.0. The number of carbonyl (C=O) groups is 4. The molecule has 0 saturated heterocycles. The van der Waals surface area contributed by atoms with Crippen molar-refractivity contribution in [2.45, 2.75) is 44.8 Å².